The SMILES string of the molecule is C=C1/C=C\C=C/NC(C)c2ccc3c(oc4cc(C(C)C)ccc43)c21. The van der Waals surface area contributed by atoms with Crippen molar-refractivity contribution < 1.29 is 4.42 Å². The molecule has 0 radical (unpaired) electrons. The molecular formula is C23H23NO. The number of nitrogens with one attached hydrogen (secondary N) is 1. The van der Waals surface area contributed by atoms with E-state index in [4.69, 9.17) is 4.42 Å². The minimum absolute atomic E-state index is 0.187. The molecule has 1 aliphatic heterocycles. The van der Waals surface area contributed by atoms with E-state index in [1.54, 1.807) is 0 Å². The molecule has 0 aliphatic carbocycles. The number of benzene rings is 2. The summed E-state index contributed by atoms with van der Waals surface area (Å²) >= 11 is 0. The van der Waals surface area contributed by atoms with Gasteiger partial charge in [0.2, 0.25) is 0 Å². The highest BCUT2D eigenvalue weighted by molar-refractivity contribution is 6.09. The topological polar surface area (TPSA) is 25.2 Å². The smallest absolute Gasteiger partial charge is 0.143 e. The molecule has 0 saturated carbocycles. The standard InChI is InChI=1S/C23H23NO/c1-14(2)17-8-9-19-20-11-10-18-16(4)24-12-6-5-7-15(3)22(18)23(20)25-21(19)13-17/h5-14,16,24H,3H2,1-2,4H3/b7-5-,12-6-. The fourth-order valence-corrected chi connectivity index (χ4v) is 3.52. The quantitative estimate of drug-likeness (QED) is 0.554. The zero-order valence-electron chi connectivity index (χ0n) is 15.0. The van der Waals surface area contributed by atoms with Gasteiger partial charge in [-0.25, -0.2) is 0 Å². The molecule has 126 valence electrons. The summed E-state index contributed by atoms with van der Waals surface area (Å²) in [4.78, 5) is 0. The van der Waals surface area contributed by atoms with E-state index in [1.165, 1.54) is 11.1 Å². The first-order valence-corrected chi connectivity index (χ1v) is 8.84. The van der Waals surface area contributed by atoms with Gasteiger partial charge in [0.15, 0.2) is 0 Å². The van der Waals surface area contributed by atoms with E-state index in [-0.39, 0.29) is 6.04 Å². The number of hydrogen-bond acceptors (Lipinski definition) is 2. The average Bonchev–Trinajstić information content (AvgIpc) is 2.99. The third kappa shape index (κ3) is 2.58. The van der Waals surface area contributed by atoms with Crippen LogP contribution in [-0.4, -0.2) is 0 Å². The summed E-state index contributed by atoms with van der Waals surface area (Å²) in [5.41, 5.74) is 6.45. The van der Waals surface area contributed by atoms with Crippen LogP contribution in [0.5, 0.6) is 0 Å². The van der Waals surface area contributed by atoms with Gasteiger partial charge in [-0.3, -0.25) is 0 Å². The minimum atomic E-state index is 0.187. The Bertz CT molecular complexity index is 1030. The predicted molar refractivity (Wildman–Crippen MR) is 107 cm³/mol. The number of fused-ring (bicyclic) bond motifs is 5. The van der Waals surface area contributed by atoms with Crippen LogP contribution in [0.15, 0.2) is 65.8 Å². The Morgan fingerprint density at radius 1 is 1.08 bits per heavy atom. The van der Waals surface area contributed by atoms with Gasteiger partial charge in [-0.1, -0.05) is 56.8 Å². The van der Waals surface area contributed by atoms with Gasteiger partial charge < -0.3 is 9.73 Å². The highest BCUT2D eigenvalue weighted by atomic mass is 16.3. The second-order valence-electron chi connectivity index (χ2n) is 7.05. The number of rotatable bonds is 1. The van der Waals surface area contributed by atoms with Gasteiger partial charge in [0.25, 0.3) is 0 Å². The number of allylic oxidation sites excluding steroid dienone is 4. The number of hydrogen-bond donors (Lipinski definition) is 1. The summed E-state index contributed by atoms with van der Waals surface area (Å²) in [7, 11) is 0. The van der Waals surface area contributed by atoms with E-state index in [2.05, 4.69) is 63.0 Å². The highest BCUT2D eigenvalue weighted by Crippen LogP contribution is 2.38. The lowest BCUT2D eigenvalue weighted by Crippen LogP contribution is -2.13. The Balaban J connectivity index is 2.04. The molecular weight excluding hydrogens is 306 g/mol. The second-order valence-corrected chi connectivity index (χ2v) is 7.05. The van der Waals surface area contributed by atoms with Gasteiger partial charge in [-0.05, 0) is 47.9 Å². The molecule has 1 aliphatic rings. The first-order chi connectivity index (χ1) is 12.1. The Labute approximate surface area is 148 Å². The van der Waals surface area contributed by atoms with Crippen LogP contribution in [0, 0.1) is 0 Å². The van der Waals surface area contributed by atoms with Gasteiger partial charge in [0.05, 0.1) is 0 Å². The molecule has 0 spiro atoms. The summed E-state index contributed by atoms with van der Waals surface area (Å²) in [5.74, 6) is 0.481. The maximum absolute atomic E-state index is 6.35. The van der Waals surface area contributed by atoms with Crippen LogP contribution in [0.3, 0.4) is 0 Å². The second kappa shape index (κ2) is 5.96. The molecule has 3 aromatic rings. The van der Waals surface area contributed by atoms with Crippen molar-refractivity contribution in [3.63, 3.8) is 0 Å². The lowest BCUT2D eigenvalue weighted by atomic mass is 9.93. The fourth-order valence-electron chi connectivity index (χ4n) is 3.52. The molecule has 25 heavy (non-hydrogen) atoms. The third-order valence-corrected chi connectivity index (χ3v) is 5.00. The van der Waals surface area contributed by atoms with Gasteiger partial charge in [-0.2, -0.15) is 0 Å². The maximum Gasteiger partial charge on any atom is 0.143 e. The van der Waals surface area contributed by atoms with Gasteiger partial charge >= 0.3 is 0 Å². The lowest BCUT2D eigenvalue weighted by molar-refractivity contribution is 0.656. The normalized spacial score (nSPS) is 20.0. The molecule has 1 unspecified atom stereocenters. The third-order valence-electron chi connectivity index (χ3n) is 5.00. The van der Waals surface area contributed by atoms with Crippen LogP contribution in [0.1, 0.15) is 49.4 Å². The Morgan fingerprint density at radius 3 is 2.68 bits per heavy atom. The fraction of sp³-hybridized carbons (Fsp3) is 0.217. The van der Waals surface area contributed by atoms with Gasteiger partial charge in [0, 0.05) is 22.4 Å². The van der Waals surface area contributed by atoms with E-state index in [0.29, 0.717) is 5.92 Å². The van der Waals surface area contributed by atoms with Crippen molar-refractivity contribution in [2.24, 2.45) is 0 Å². The molecule has 2 heterocycles. The van der Waals surface area contributed by atoms with Crippen LogP contribution in [0.4, 0.5) is 0 Å². The van der Waals surface area contributed by atoms with Crippen molar-refractivity contribution >= 4 is 27.5 Å². The van der Waals surface area contributed by atoms with E-state index >= 15 is 0 Å². The minimum Gasteiger partial charge on any atom is -0.455 e. The first kappa shape index (κ1) is 15.8. The molecule has 0 saturated heterocycles. The molecule has 0 bridgehead atoms. The molecule has 2 nitrogen and oxygen atoms in total. The molecule has 1 aromatic heterocycles. The van der Waals surface area contributed by atoms with Gasteiger partial charge in [0.1, 0.15) is 11.2 Å². The van der Waals surface area contributed by atoms with E-state index < -0.39 is 0 Å². The summed E-state index contributed by atoms with van der Waals surface area (Å²) in [5, 5.41) is 5.72. The van der Waals surface area contributed by atoms with E-state index in [1.807, 2.05) is 24.4 Å². The predicted octanol–water partition coefficient (Wildman–Crippen LogP) is 6.46. The molecule has 0 amide bonds. The van der Waals surface area contributed by atoms with Gasteiger partial charge in [-0.15, -0.1) is 0 Å². The van der Waals surface area contributed by atoms with Crippen LogP contribution in [0.2, 0.25) is 0 Å². The zero-order valence-corrected chi connectivity index (χ0v) is 15.0. The zero-order chi connectivity index (χ0) is 17.6. The van der Waals surface area contributed by atoms with Crippen LogP contribution in [0.25, 0.3) is 27.5 Å². The number of furan rings is 1. The molecule has 2 heteroatoms. The van der Waals surface area contributed by atoms with Crippen LogP contribution in [-0.2, 0) is 0 Å². The summed E-state index contributed by atoms with van der Waals surface area (Å²) in [6, 6.07) is 11.1. The molecule has 1 atom stereocenters. The van der Waals surface area contributed by atoms with Crippen molar-refractivity contribution in [3.8, 4) is 0 Å². The maximum atomic E-state index is 6.35. The first-order valence-electron chi connectivity index (χ1n) is 8.84. The largest absolute Gasteiger partial charge is 0.455 e. The van der Waals surface area contributed by atoms with Crippen molar-refractivity contribution in [1.82, 2.24) is 5.32 Å². The van der Waals surface area contributed by atoms with Crippen molar-refractivity contribution in [1.29, 1.82) is 0 Å². The summed E-state index contributed by atoms with van der Waals surface area (Å²) in [6.07, 6.45) is 8.02. The van der Waals surface area contributed by atoms with Crippen LogP contribution < -0.4 is 5.32 Å². The molecule has 1 N–H and O–H groups in total. The lowest BCUT2D eigenvalue weighted by Gasteiger charge is -2.17. The Hall–Kier alpha value is -2.74. The van der Waals surface area contributed by atoms with Crippen molar-refractivity contribution in [3.05, 3.63) is 78.0 Å². The molecule has 4 rings (SSSR count). The van der Waals surface area contributed by atoms with Crippen molar-refractivity contribution in [2.45, 2.75) is 32.7 Å². The Morgan fingerprint density at radius 2 is 1.88 bits per heavy atom. The van der Waals surface area contributed by atoms with Crippen LogP contribution >= 0.6 is 0 Å². The molecule has 0 fully saturated rings. The molecule has 2 aromatic carbocycles. The average molecular weight is 329 g/mol. The van der Waals surface area contributed by atoms with E-state index in [9.17, 15) is 0 Å². The highest BCUT2D eigenvalue weighted by Gasteiger charge is 2.19. The van der Waals surface area contributed by atoms with E-state index in [0.717, 1.165) is 33.1 Å². The monoisotopic (exact) mass is 329 g/mol. The van der Waals surface area contributed by atoms with Crippen molar-refractivity contribution in [2.75, 3.05) is 0 Å². The summed E-state index contributed by atoms with van der Waals surface area (Å²) < 4.78 is 6.35. The Kier molecular flexibility index (Phi) is 3.76. The summed E-state index contributed by atoms with van der Waals surface area (Å²) in [6.45, 7) is 10.9.